The highest BCUT2D eigenvalue weighted by molar-refractivity contribution is 5.75. The van der Waals surface area contributed by atoms with E-state index in [1.807, 2.05) is 36.4 Å². The second kappa shape index (κ2) is 10.3. The fraction of sp³-hybridized carbons (Fsp3) is 0.480. The summed E-state index contributed by atoms with van der Waals surface area (Å²) in [6.45, 7) is 2.20. The van der Waals surface area contributed by atoms with Crippen LogP contribution in [-0.2, 0) is 10.3 Å². The minimum absolute atomic E-state index is 0.112. The maximum atomic E-state index is 12.4. The van der Waals surface area contributed by atoms with Gasteiger partial charge in [0, 0.05) is 18.2 Å². The van der Waals surface area contributed by atoms with Gasteiger partial charge in [-0.2, -0.15) is 0 Å². The van der Waals surface area contributed by atoms with Gasteiger partial charge in [0.2, 0.25) is 0 Å². The Balaban J connectivity index is 0.000000172. The van der Waals surface area contributed by atoms with E-state index in [4.69, 9.17) is 4.74 Å². The fourth-order valence-corrected chi connectivity index (χ4v) is 4.26. The van der Waals surface area contributed by atoms with Gasteiger partial charge in [-0.1, -0.05) is 42.5 Å². The molecule has 2 fully saturated rings. The third-order valence-electron chi connectivity index (χ3n) is 6.48. The maximum absolute atomic E-state index is 12.4. The lowest BCUT2D eigenvalue weighted by atomic mass is 9.74. The molecule has 1 aliphatic heterocycles. The van der Waals surface area contributed by atoms with Crippen LogP contribution in [0.5, 0.6) is 0 Å². The molecule has 0 atom stereocenters. The van der Waals surface area contributed by atoms with Crippen LogP contribution in [-0.4, -0.2) is 38.4 Å². The molecule has 0 aromatic heterocycles. The largest absolute Gasteiger partial charge is 0.374 e. The van der Waals surface area contributed by atoms with Crippen molar-refractivity contribution < 1.29 is 18.3 Å². The van der Waals surface area contributed by atoms with E-state index >= 15 is 0 Å². The molecule has 5 heteroatoms. The third kappa shape index (κ3) is 5.32. The monoisotopic (exact) mass is 415 g/mol. The molecule has 2 aliphatic rings. The van der Waals surface area contributed by atoms with E-state index in [1.54, 1.807) is 19.2 Å². The number of ether oxygens (including phenoxy) is 1. The van der Waals surface area contributed by atoms with Crippen molar-refractivity contribution >= 4 is 6.29 Å². The van der Waals surface area contributed by atoms with Crippen molar-refractivity contribution in [2.75, 3.05) is 27.2 Å². The third-order valence-corrected chi connectivity index (χ3v) is 6.48. The van der Waals surface area contributed by atoms with Crippen molar-refractivity contribution in [3.63, 3.8) is 0 Å². The summed E-state index contributed by atoms with van der Waals surface area (Å²) in [7, 11) is 3.86. The number of benzene rings is 2. The van der Waals surface area contributed by atoms with Crippen LogP contribution in [0.15, 0.2) is 48.5 Å². The van der Waals surface area contributed by atoms with E-state index in [-0.39, 0.29) is 11.2 Å². The molecule has 1 heterocycles. The van der Waals surface area contributed by atoms with Crippen LogP contribution in [0.4, 0.5) is 8.78 Å². The van der Waals surface area contributed by atoms with Gasteiger partial charge in [0.15, 0.2) is 0 Å². The summed E-state index contributed by atoms with van der Waals surface area (Å²) in [6, 6.07) is 14.5. The Labute approximate surface area is 178 Å². The molecule has 1 aliphatic carbocycles. The number of likely N-dealkylation sites (tertiary alicyclic amines) is 1. The number of nitrogens with zero attached hydrogens (tertiary/aromatic N) is 1. The fourth-order valence-electron chi connectivity index (χ4n) is 4.26. The first-order chi connectivity index (χ1) is 14.5. The Morgan fingerprint density at radius 1 is 1.10 bits per heavy atom. The Hall–Kier alpha value is -2.11. The van der Waals surface area contributed by atoms with E-state index in [0.717, 1.165) is 56.2 Å². The number of methoxy groups -OCH3 is 1. The number of rotatable bonds is 5. The topological polar surface area (TPSA) is 29.5 Å². The molecule has 0 amide bonds. The quantitative estimate of drug-likeness (QED) is 0.565. The van der Waals surface area contributed by atoms with Gasteiger partial charge in [-0.3, -0.25) is 4.79 Å². The van der Waals surface area contributed by atoms with Gasteiger partial charge in [-0.05, 0) is 75.4 Å². The average Bonchev–Trinajstić information content (AvgIpc) is 2.75. The van der Waals surface area contributed by atoms with E-state index < -0.39 is 6.43 Å². The van der Waals surface area contributed by atoms with Gasteiger partial charge in [0.25, 0.3) is 6.43 Å². The normalized spacial score (nSPS) is 19.0. The van der Waals surface area contributed by atoms with Crippen LogP contribution in [0.25, 0.3) is 0 Å². The Morgan fingerprint density at radius 3 is 2.27 bits per heavy atom. The molecule has 2 aromatic rings. The summed E-state index contributed by atoms with van der Waals surface area (Å²) >= 11 is 0. The minimum atomic E-state index is -2.36. The number of piperidine rings is 1. The lowest BCUT2D eigenvalue weighted by Crippen LogP contribution is -2.36. The molecule has 162 valence electrons. The molecule has 3 nitrogen and oxygen atoms in total. The number of carbonyl (C=O) groups is 1. The number of hydrogen-bond acceptors (Lipinski definition) is 3. The Kier molecular flexibility index (Phi) is 7.73. The van der Waals surface area contributed by atoms with Gasteiger partial charge in [-0.25, -0.2) is 8.78 Å². The van der Waals surface area contributed by atoms with Crippen molar-refractivity contribution in [1.82, 2.24) is 4.90 Å². The molecule has 1 saturated carbocycles. The smallest absolute Gasteiger partial charge is 0.263 e. The van der Waals surface area contributed by atoms with Gasteiger partial charge in [-0.15, -0.1) is 0 Å². The van der Waals surface area contributed by atoms with Crippen LogP contribution in [0.3, 0.4) is 0 Å². The number of halogens is 2. The lowest BCUT2D eigenvalue weighted by Gasteiger charge is -2.41. The van der Waals surface area contributed by atoms with Crippen molar-refractivity contribution in [2.45, 2.75) is 50.0 Å². The zero-order valence-corrected chi connectivity index (χ0v) is 17.8. The van der Waals surface area contributed by atoms with E-state index in [2.05, 4.69) is 11.9 Å². The molecule has 0 spiro atoms. The van der Waals surface area contributed by atoms with Crippen molar-refractivity contribution in [3.8, 4) is 0 Å². The molecule has 1 saturated heterocycles. The van der Waals surface area contributed by atoms with Gasteiger partial charge < -0.3 is 9.64 Å². The summed E-state index contributed by atoms with van der Waals surface area (Å²) < 4.78 is 30.3. The molecule has 0 unspecified atom stereocenters. The zero-order valence-electron chi connectivity index (χ0n) is 17.8. The SMILES string of the molecule is CN1CCC(c2ccc(C(F)F)cc2)CC1.COC1(c2cccc(C=O)c2)CCC1. The predicted molar refractivity (Wildman–Crippen MR) is 115 cm³/mol. The van der Waals surface area contributed by atoms with E-state index in [1.165, 1.54) is 12.0 Å². The summed E-state index contributed by atoms with van der Waals surface area (Å²) in [5.41, 5.74) is 3.08. The van der Waals surface area contributed by atoms with Crippen LogP contribution >= 0.6 is 0 Å². The highest BCUT2D eigenvalue weighted by Crippen LogP contribution is 2.44. The predicted octanol–water partition coefficient (Wildman–Crippen LogP) is 5.96. The molecule has 0 radical (unpaired) electrons. The average molecular weight is 416 g/mol. The first kappa shape index (κ1) is 22.6. The molecule has 30 heavy (non-hydrogen) atoms. The molecular weight excluding hydrogens is 384 g/mol. The Bertz CT molecular complexity index is 805. The first-order valence-electron chi connectivity index (χ1n) is 10.6. The standard InChI is InChI=1S/C13H17F2N.C12H14O2/c1-16-8-6-11(7-9-16)10-2-4-12(5-3-10)13(14)15;1-14-12(6-3-7-12)11-5-2-4-10(8-11)9-13/h2-5,11,13H,6-9H2,1H3;2,4-5,8-9H,3,6-7H2,1H3. The van der Waals surface area contributed by atoms with Gasteiger partial charge in [0.1, 0.15) is 6.29 Å². The summed E-state index contributed by atoms with van der Waals surface area (Å²) in [5, 5.41) is 0. The van der Waals surface area contributed by atoms with Crippen LogP contribution < -0.4 is 0 Å². The maximum Gasteiger partial charge on any atom is 0.263 e. The molecular formula is C25H31F2NO2. The summed E-state index contributed by atoms with van der Waals surface area (Å²) in [5.74, 6) is 0.544. The van der Waals surface area contributed by atoms with Crippen molar-refractivity contribution in [2.24, 2.45) is 0 Å². The summed E-state index contributed by atoms with van der Waals surface area (Å²) in [4.78, 5) is 12.9. The second-order valence-electron chi connectivity index (χ2n) is 8.34. The number of hydrogen-bond donors (Lipinski definition) is 0. The van der Waals surface area contributed by atoms with E-state index in [9.17, 15) is 13.6 Å². The highest BCUT2D eigenvalue weighted by Gasteiger charge is 2.38. The van der Waals surface area contributed by atoms with Crippen LogP contribution in [0.1, 0.15) is 71.5 Å². The zero-order chi connectivity index (χ0) is 21.6. The molecule has 2 aromatic carbocycles. The lowest BCUT2D eigenvalue weighted by molar-refractivity contribution is -0.0778. The summed E-state index contributed by atoms with van der Waals surface area (Å²) in [6.07, 6.45) is 4.11. The first-order valence-corrected chi connectivity index (χ1v) is 10.6. The number of alkyl halides is 2. The number of carbonyl (C=O) groups excluding carboxylic acids is 1. The van der Waals surface area contributed by atoms with Crippen molar-refractivity contribution in [1.29, 1.82) is 0 Å². The Morgan fingerprint density at radius 2 is 1.77 bits per heavy atom. The highest BCUT2D eigenvalue weighted by atomic mass is 19.3. The molecule has 0 bridgehead atoms. The van der Waals surface area contributed by atoms with Crippen LogP contribution in [0.2, 0.25) is 0 Å². The van der Waals surface area contributed by atoms with Crippen LogP contribution in [0, 0.1) is 0 Å². The number of aldehydes is 1. The minimum Gasteiger partial charge on any atom is -0.374 e. The van der Waals surface area contributed by atoms with E-state index in [0.29, 0.717) is 5.92 Å². The van der Waals surface area contributed by atoms with Crippen molar-refractivity contribution in [3.05, 3.63) is 70.8 Å². The second-order valence-corrected chi connectivity index (χ2v) is 8.34. The molecule has 0 N–H and O–H groups in total. The van der Waals surface area contributed by atoms with Gasteiger partial charge >= 0.3 is 0 Å². The molecule has 4 rings (SSSR count). The van der Waals surface area contributed by atoms with Gasteiger partial charge in [0.05, 0.1) is 5.60 Å².